The predicted octanol–water partition coefficient (Wildman–Crippen LogP) is 5.20. The van der Waals surface area contributed by atoms with Crippen LogP contribution in [-0.2, 0) is 17.5 Å². The maximum Gasteiger partial charge on any atom is 0.416 e. The Hall–Kier alpha value is -3.67. The Morgan fingerprint density at radius 3 is 2.62 bits per heavy atom. The summed E-state index contributed by atoms with van der Waals surface area (Å²) >= 11 is 0. The van der Waals surface area contributed by atoms with Crippen molar-refractivity contribution in [3.63, 3.8) is 0 Å². The minimum absolute atomic E-state index is 0.0309. The van der Waals surface area contributed by atoms with E-state index in [9.17, 15) is 17.6 Å². The summed E-state index contributed by atoms with van der Waals surface area (Å²) in [6, 6.07) is 6.68. The molecular weight excluding hydrogens is 454 g/mol. The first-order chi connectivity index (χ1) is 16.3. The van der Waals surface area contributed by atoms with Gasteiger partial charge in [0.25, 0.3) is 5.95 Å². The standard InChI is InChI=1S/C22H21F4N7O/c1-14-9-17(30-16-4-2-3-15(10-16)22(24,25)26)11-27-19(14)13-29-32-21-28-12-18(23)20(31-21)33-5-7-34-8-6-33/h2-4,9-12,30H,5-8,13H2,1H3. The average Bonchev–Trinajstić information content (AvgIpc) is 2.82. The normalized spacial score (nSPS) is 14.6. The molecule has 3 aromatic rings. The molecule has 1 fully saturated rings. The number of anilines is 3. The first kappa shape index (κ1) is 23.5. The number of azo groups is 1. The second-order valence-corrected chi connectivity index (χ2v) is 7.53. The lowest BCUT2D eigenvalue weighted by Crippen LogP contribution is -2.37. The van der Waals surface area contributed by atoms with Gasteiger partial charge in [-0.25, -0.2) is 9.37 Å². The summed E-state index contributed by atoms with van der Waals surface area (Å²) in [6.07, 6.45) is -1.86. The second-order valence-electron chi connectivity index (χ2n) is 7.53. The van der Waals surface area contributed by atoms with Crippen LogP contribution in [-0.4, -0.2) is 41.3 Å². The number of rotatable bonds is 6. The van der Waals surface area contributed by atoms with Gasteiger partial charge in [-0.2, -0.15) is 23.3 Å². The molecule has 178 valence electrons. The van der Waals surface area contributed by atoms with Crippen LogP contribution in [0.3, 0.4) is 0 Å². The van der Waals surface area contributed by atoms with Crippen molar-refractivity contribution in [1.29, 1.82) is 0 Å². The fraction of sp³-hybridized carbons (Fsp3) is 0.318. The Morgan fingerprint density at radius 2 is 1.88 bits per heavy atom. The number of morpholine rings is 1. The smallest absolute Gasteiger partial charge is 0.378 e. The van der Waals surface area contributed by atoms with Gasteiger partial charge < -0.3 is 15.0 Å². The Morgan fingerprint density at radius 1 is 1.09 bits per heavy atom. The number of aromatic nitrogens is 3. The number of nitrogens with zero attached hydrogens (tertiary/aromatic N) is 6. The van der Waals surface area contributed by atoms with Gasteiger partial charge in [-0.15, -0.1) is 5.11 Å². The lowest BCUT2D eigenvalue weighted by atomic mass is 10.1. The van der Waals surface area contributed by atoms with Gasteiger partial charge in [0.05, 0.1) is 42.6 Å². The molecule has 1 N–H and O–H groups in total. The summed E-state index contributed by atoms with van der Waals surface area (Å²) in [4.78, 5) is 14.1. The first-order valence-corrected chi connectivity index (χ1v) is 10.4. The van der Waals surface area contributed by atoms with Crippen molar-refractivity contribution in [2.24, 2.45) is 10.2 Å². The Kier molecular flexibility index (Phi) is 6.96. The molecule has 2 aromatic heterocycles. The number of pyridine rings is 1. The zero-order valence-corrected chi connectivity index (χ0v) is 18.2. The van der Waals surface area contributed by atoms with Gasteiger partial charge in [0.1, 0.15) is 6.54 Å². The minimum atomic E-state index is -4.42. The molecule has 8 nitrogen and oxygen atoms in total. The largest absolute Gasteiger partial charge is 0.416 e. The molecule has 0 aliphatic carbocycles. The van der Waals surface area contributed by atoms with Crippen molar-refractivity contribution in [2.45, 2.75) is 19.6 Å². The van der Waals surface area contributed by atoms with E-state index in [1.54, 1.807) is 24.0 Å². The molecule has 0 spiro atoms. The lowest BCUT2D eigenvalue weighted by Gasteiger charge is -2.27. The molecule has 1 aliphatic rings. The van der Waals surface area contributed by atoms with Gasteiger partial charge in [-0.1, -0.05) is 6.07 Å². The van der Waals surface area contributed by atoms with Crippen LogP contribution in [0.25, 0.3) is 0 Å². The maximum absolute atomic E-state index is 14.1. The van der Waals surface area contributed by atoms with E-state index in [-0.39, 0.29) is 18.3 Å². The fourth-order valence-electron chi connectivity index (χ4n) is 3.34. The van der Waals surface area contributed by atoms with Crippen LogP contribution < -0.4 is 10.2 Å². The molecule has 0 radical (unpaired) electrons. The highest BCUT2D eigenvalue weighted by molar-refractivity contribution is 5.60. The van der Waals surface area contributed by atoms with E-state index in [0.717, 1.165) is 23.9 Å². The summed E-state index contributed by atoms with van der Waals surface area (Å²) in [6.45, 7) is 3.96. The summed E-state index contributed by atoms with van der Waals surface area (Å²) in [5, 5.41) is 11.0. The third-order valence-corrected chi connectivity index (χ3v) is 5.07. The molecule has 1 aromatic carbocycles. The van der Waals surface area contributed by atoms with Gasteiger partial charge >= 0.3 is 6.18 Å². The summed E-state index contributed by atoms with van der Waals surface area (Å²) in [7, 11) is 0. The summed E-state index contributed by atoms with van der Waals surface area (Å²) in [5.41, 5.74) is 1.49. The van der Waals surface area contributed by atoms with Crippen molar-refractivity contribution in [2.75, 3.05) is 36.5 Å². The molecule has 4 rings (SSSR count). The molecule has 0 amide bonds. The maximum atomic E-state index is 14.1. The van der Waals surface area contributed by atoms with E-state index in [4.69, 9.17) is 4.74 Å². The van der Waals surface area contributed by atoms with Gasteiger partial charge in [0.15, 0.2) is 11.6 Å². The number of alkyl halides is 3. The number of hydrogen-bond acceptors (Lipinski definition) is 8. The number of aryl methyl sites for hydroxylation is 1. The highest BCUT2D eigenvalue weighted by Crippen LogP contribution is 2.31. The highest BCUT2D eigenvalue weighted by Gasteiger charge is 2.30. The van der Waals surface area contributed by atoms with Crippen molar-refractivity contribution in [3.8, 4) is 0 Å². The van der Waals surface area contributed by atoms with Crippen molar-refractivity contribution >= 4 is 23.1 Å². The Bertz CT molecular complexity index is 1180. The van der Waals surface area contributed by atoms with Crippen LogP contribution in [0.5, 0.6) is 0 Å². The van der Waals surface area contributed by atoms with Crippen LogP contribution >= 0.6 is 0 Å². The third-order valence-electron chi connectivity index (χ3n) is 5.07. The van der Waals surface area contributed by atoms with Crippen LogP contribution in [0.4, 0.5) is 40.7 Å². The Balaban J connectivity index is 1.41. The molecule has 0 atom stereocenters. The lowest BCUT2D eigenvalue weighted by molar-refractivity contribution is -0.137. The van der Waals surface area contributed by atoms with Crippen LogP contribution in [0.15, 0.2) is 53.0 Å². The van der Waals surface area contributed by atoms with Crippen LogP contribution in [0.1, 0.15) is 16.8 Å². The molecular formula is C22H21F4N7O. The minimum Gasteiger partial charge on any atom is -0.378 e. The number of hydrogen-bond donors (Lipinski definition) is 1. The average molecular weight is 475 g/mol. The highest BCUT2D eigenvalue weighted by atomic mass is 19.4. The van der Waals surface area contributed by atoms with Crippen molar-refractivity contribution in [3.05, 3.63) is 65.4 Å². The quantitative estimate of drug-likeness (QED) is 0.389. The van der Waals surface area contributed by atoms with Gasteiger partial charge in [-0.05, 0) is 36.8 Å². The van der Waals surface area contributed by atoms with Crippen molar-refractivity contribution < 1.29 is 22.3 Å². The molecule has 0 unspecified atom stereocenters. The number of ether oxygens (including phenoxy) is 1. The zero-order valence-electron chi connectivity index (χ0n) is 18.2. The molecule has 1 saturated heterocycles. The van der Waals surface area contributed by atoms with E-state index < -0.39 is 17.6 Å². The monoisotopic (exact) mass is 475 g/mol. The van der Waals surface area contributed by atoms with E-state index in [2.05, 4.69) is 30.5 Å². The SMILES string of the molecule is Cc1cc(Nc2cccc(C(F)(F)F)c2)cnc1CN=Nc1ncc(F)c(N2CCOCC2)n1. The molecule has 0 bridgehead atoms. The second kappa shape index (κ2) is 10.1. The number of benzene rings is 1. The molecule has 12 heteroatoms. The van der Waals surface area contributed by atoms with Crippen LogP contribution in [0, 0.1) is 12.7 Å². The predicted molar refractivity (Wildman–Crippen MR) is 117 cm³/mol. The fourth-order valence-corrected chi connectivity index (χ4v) is 3.34. The van der Waals surface area contributed by atoms with E-state index in [1.165, 1.54) is 12.3 Å². The molecule has 0 saturated carbocycles. The van der Waals surface area contributed by atoms with Crippen LogP contribution in [0.2, 0.25) is 0 Å². The zero-order chi connectivity index (χ0) is 24.1. The van der Waals surface area contributed by atoms with E-state index >= 15 is 0 Å². The van der Waals surface area contributed by atoms with Crippen molar-refractivity contribution in [1.82, 2.24) is 15.0 Å². The van der Waals surface area contributed by atoms with E-state index in [0.29, 0.717) is 43.4 Å². The molecule has 3 heterocycles. The Labute approximate surface area is 192 Å². The first-order valence-electron chi connectivity index (χ1n) is 10.4. The number of nitrogens with one attached hydrogen (secondary N) is 1. The summed E-state index contributed by atoms with van der Waals surface area (Å²) in [5.74, 6) is -0.350. The van der Waals surface area contributed by atoms with Gasteiger partial charge in [0.2, 0.25) is 0 Å². The number of halogens is 4. The third kappa shape index (κ3) is 5.81. The molecule has 1 aliphatic heterocycles. The summed E-state index contributed by atoms with van der Waals surface area (Å²) < 4.78 is 58.1. The van der Waals surface area contributed by atoms with Gasteiger partial charge in [0, 0.05) is 18.8 Å². The van der Waals surface area contributed by atoms with E-state index in [1.807, 2.05) is 0 Å². The topological polar surface area (TPSA) is 87.9 Å². The molecule has 34 heavy (non-hydrogen) atoms. The van der Waals surface area contributed by atoms with Gasteiger partial charge in [-0.3, -0.25) is 4.98 Å².